The van der Waals surface area contributed by atoms with E-state index in [1.165, 1.54) is 31.2 Å². The van der Waals surface area contributed by atoms with Crippen molar-refractivity contribution in [2.45, 2.75) is 47.0 Å². The number of alkyl halides is 2. The first kappa shape index (κ1) is 26.9. The molecule has 0 saturated carbocycles. The van der Waals surface area contributed by atoms with E-state index >= 15 is 0 Å². The molecule has 0 atom stereocenters. The van der Waals surface area contributed by atoms with Gasteiger partial charge >= 0.3 is 0 Å². The maximum absolute atomic E-state index is 14.1. The third kappa shape index (κ3) is 4.98. The molecule has 1 amide bonds. The van der Waals surface area contributed by atoms with Crippen LogP contribution < -0.4 is 10.1 Å². The Bertz CT molecular complexity index is 1500. The molecule has 0 aliphatic rings. The van der Waals surface area contributed by atoms with Gasteiger partial charge in [-0.3, -0.25) is 4.79 Å². The Morgan fingerprint density at radius 1 is 1.05 bits per heavy atom. The third-order valence-electron chi connectivity index (χ3n) is 6.63. The number of hydrogen-bond acceptors (Lipinski definition) is 4. The first-order valence-electron chi connectivity index (χ1n) is 12.3. The molecule has 8 heteroatoms. The molecule has 0 radical (unpaired) electrons. The number of amides is 1. The number of hydrogen-bond donors (Lipinski definition) is 2. The average molecular weight is 520 g/mol. The fourth-order valence-electron chi connectivity index (χ4n) is 4.83. The molecule has 198 valence electrons. The molecule has 6 nitrogen and oxygen atoms in total. The number of rotatable bonds is 7. The van der Waals surface area contributed by atoms with Gasteiger partial charge < -0.3 is 15.3 Å². The van der Waals surface area contributed by atoms with Crippen LogP contribution in [0.4, 0.5) is 14.5 Å². The summed E-state index contributed by atoms with van der Waals surface area (Å²) in [6, 6.07) is 15.1. The summed E-state index contributed by atoms with van der Waals surface area (Å²) in [4.78, 5) is 17.6. The van der Waals surface area contributed by atoms with Gasteiger partial charge in [-0.05, 0) is 74.7 Å². The van der Waals surface area contributed by atoms with Crippen molar-refractivity contribution in [1.82, 2.24) is 9.71 Å². The standard InChI is InChI=1S/C30H31F2N3O3/c1-7-30(31,32)22-9-8-10-23(16-22)34-29(36)27-20(5)33-28(35(27)37)21-11-12-25(38-6)24(15-21)26-18(3)13-17(2)14-19(26)4/h8-16,37H,7H2,1-6H3,(H,34,36). The molecule has 1 heterocycles. The van der Waals surface area contributed by atoms with Crippen LogP contribution in [0.25, 0.3) is 22.5 Å². The molecule has 0 unspecified atom stereocenters. The number of anilines is 1. The second kappa shape index (κ2) is 10.3. The van der Waals surface area contributed by atoms with Gasteiger partial charge in [-0.1, -0.05) is 36.8 Å². The van der Waals surface area contributed by atoms with Crippen LogP contribution >= 0.6 is 0 Å². The van der Waals surface area contributed by atoms with E-state index in [-0.39, 0.29) is 34.9 Å². The van der Waals surface area contributed by atoms with Crippen molar-refractivity contribution in [3.8, 4) is 28.3 Å². The molecular weight excluding hydrogens is 488 g/mol. The van der Waals surface area contributed by atoms with Gasteiger partial charge in [0.15, 0.2) is 11.5 Å². The van der Waals surface area contributed by atoms with Crippen molar-refractivity contribution < 1.29 is 23.5 Å². The number of benzene rings is 3. The van der Waals surface area contributed by atoms with Gasteiger partial charge in [-0.2, -0.15) is 4.73 Å². The molecule has 4 rings (SSSR count). The van der Waals surface area contributed by atoms with Crippen molar-refractivity contribution in [3.63, 3.8) is 0 Å². The summed E-state index contributed by atoms with van der Waals surface area (Å²) in [5.74, 6) is -2.84. The molecular formula is C30H31F2N3O3. The quantitative estimate of drug-likeness (QED) is 0.249. The predicted molar refractivity (Wildman–Crippen MR) is 144 cm³/mol. The maximum atomic E-state index is 14.1. The van der Waals surface area contributed by atoms with Gasteiger partial charge in [-0.25, -0.2) is 13.8 Å². The zero-order valence-electron chi connectivity index (χ0n) is 22.3. The Kier molecular flexibility index (Phi) is 7.26. The number of ether oxygens (including phenoxy) is 1. The van der Waals surface area contributed by atoms with E-state index in [0.29, 0.717) is 11.3 Å². The lowest BCUT2D eigenvalue weighted by Crippen LogP contribution is -2.18. The highest BCUT2D eigenvalue weighted by Crippen LogP contribution is 2.38. The number of carbonyl (C=O) groups is 1. The summed E-state index contributed by atoms with van der Waals surface area (Å²) >= 11 is 0. The van der Waals surface area contributed by atoms with Gasteiger partial charge in [0.25, 0.3) is 11.8 Å². The second-order valence-corrected chi connectivity index (χ2v) is 9.46. The van der Waals surface area contributed by atoms with E-state index in [1.807, 2.05) is 26.8 Å². The molecule has 4 aromatic rings. The zero-order valence-corrected chi connectivity index (χ0v) is 22.3. The highest BCUT2D eigenvalue weighted by molar-refractivity contribution is 6.04. The van der Waals surface area contributed by atoms with E-state index in [2.05, 4.69) is 22.4 Å². The molecule has 2 N–H and O–H groups in total. The van der Waals surface area contributed by atoms with Gasteiger partial charge in [-0.15, -0.1) is 0 Å². The Morgan fingerprint density at radius 3 is 2.37 bits per heavy atom. The van der Waals surface area contributed by atoms with Crippen LogP contribution in [0, 0.1) is 27.7 Å². The van der Waals surface area contributed by atoms with Crippen LogP contribution in [0.2, 0.25) is 0 Å². The number of aryl methyl sites for hydroxylation is 4. The smallest absolute Gasteiger partial charge is 0.277 e. The highest BCUT2D eigenvalue weighted by Gasteiger charge is 2.29. The van der Waals surface area contributed by atoms with Crippen molar-refractivity contribution >= 4 is 11.6 Å². The fraction of sp³-hybridized carbons (Fsp3) is 0.267. The molecule has 0 spiro atoms. The van der Waals surface area contributed by atoms with Gasteiger partial charge in [0.1, 0.15) is 5.75 Å². The number of methoxy groups -OCH3 is 1. The first-order valence-corrected chi connectivity index (χ1v) is 12.3. The lowest BCUT2D eigenvalue weighted by molar-refractivity contribution is -0.00825. The molecule has 38 heavy (non-hydrogen) atoms. The van der Waals surface area contributed by atoms with Gasteiger partial charge in [0, 0.05) is 28.8 Å². The van der Waals surface area contributed by atoms with E-state index in [9.17, 15) is 18.8 Å². The van der Waals surface area contributed by atoms with E-state index in [0.717, 1.165) is 32.5 Å². The topological polar surface area (TPSA) is 76.4 Å². The predicted octanol–water partition coefficient (Wildman–Crippen LogP) is 7.45. The largest absolute Gasteiger partial charge is 0.496 e. The minimum absolute atomic E-state index is 0.0901. The van der Waals surface area contributed by atoms with Crippen LogP contribution in [0.15, 0.2) is 54.6 Å². The van der Waals surface area contributed by atoms with Crippen molar-refractivity contribution in [2.24, 2.45) is 0 Å². The van der Waals surface area contributed by atoms with Crippen LogP contribution in [0.3, 0.4) is 0 Å². The van der Waals surface area contributed by atoms with Crippen molar-refractivity contribution in [2.75, 3.05) is 12.4 Å². The number of nitrogens with one attached hydrogen (secondary N) is 1. The molecule has 3 aromatic carbocycles. The minimum Gasteiger partial charge on any atom is -0.496 e. The van der Waals surface area contributed by atoms with Crippen LogP contribution in [0.5, 0.6) is 5.75 Å². The van der Waals surface area contributed by atoms with Crippen LogP contribution in [0.1, 0.15) is 51.8 Å². The molecule has 0 fully saturated rings. The number of carbonyl (C=O) groups excluding carboxylic acids is 1. The Labute approximate surface area is 220 Å². The first-order chi connectivity index (χ1) is 18.0. The Balaban J connectivity index is 1.73. The van der Waals surface area contributed by atoms with Gasteiger partial charge in [0.05, 0.1) is 12.8 Å². The molecule has 0 saturated heterocycles. The summed E-state index contributed by atoms with van der Waals surface area (Å²) in [7, 11) is 1.60. The van der Waals surface area contributed by atoms with Crippen molar-refractivity contribution in [3.05, 3.63) is 88.2 Å². The zero-order chi connectivity index (χ0) is 27.8. The number of nitrogens with zero attached hydrogens (tertiary/aromatic N) is 2. The van der Waals surface area contributed by atoms with Crippen LogP contribution in [-0.2, 0) is 5.92 Å². The Morgan fingerprint density at radius 2 is 1.74 bits per heavy atom. The molecule has 1 aromatic heterocycles. The van der Waals surface area contributed by atoms with Crippen molar-refractivity contribution in [1.29, 1.82) is 0 Å². The minimum atomic E-state index is -3.01. The van der Waals surface area contributed by atoms with E-state index in [1.54, 1.807) is 26.2 Å². The molecule has 0 bridgehead atoms. The van der Waals surface area contributed by atoms with Gasteiger partial charge in [0.2, 0.25) is 0 Å². The molecule has 0 aliphatic heterocycles. The number of halogens is 2. The third-order valence-corrected chi connectivity index (χ3v) is 6.63. The SMILES string of the molecule is CCC(F)(F)c1cccc(NC(=O)c2c(C)nc(-c3ccc(OC)c(-c4c(C)cc(C)cc4C)c3)n2O)c1. The van der Waals surface area contributed by atoms with E-state index in [4.69, 9.17) is 4.74 Å². The summed E-state index contributed by atoms with van der Waals surface area (Å²) < 4.78 is 34.7. The monoisotopic (exact) mass is 519 g/mol. The second-order valence-electron chi connectivity index (χ2n) is 9.46. The lowest BCUT2D eigenvalue weighted by Gasteiger charge is -2.16. The van der Waals surface area contributed by atoms with E-state index < -0.39 is 11.8 Å². The Hall–Kier alpha value is -4.20. The maximum Gasteiger partial charge on any atom is 0.277 e. The normalized spacial score (nSPS) is 11.5. The number of aromatic nitrogens is 2. The highest BCUT2D eigenvalue weighted by atomic mass is 19.3. The summed E-state index contributed by atoms with van der Waals surface area (Å²) in [6.45, 7) is 9.11. The van der Waals surface area contributed by atoms with Crippen LogP contribution in [-0.4, -0.2) is 27.9 Å². The lowest BCUT2D eigenvalue weighted by atomic mass is 9.92. The summed E-state index contributed by atoms with van der Waals surface area (Å²) in [5, 5.41) is 13.6. The fourth-order valence-corrected chi connectivity index (χ4v) is 4.83. The molecule has 0 aliphatic carbocycles. The average Bonchev–Trinajstić information content (AvgIpc) is 3.17. The summed E-state index contributed by atoms with van der Waals surface area (Å²) in [6.07, 6.45) is -0.359. The summed E-state index contributed by atoms with van der Waals surface area (Å²) in [5.41, 5.74) is 5.94. The number of imidazole rings is 1.